The first-order valence-corrected chi connectivity index (χ1v) is 8.80. The fourth-order valence-electron chi connectivity index (χ4n) is 3.03. The molecule has 1 unspecified atom stereocenters. The van der Waals surface area contributed by atoms with Crippen LogP contribution in [0.2, 0.25) is 0 Å². The molecule has 0 saturated carbocycles. The molecule has 138 valence electrons. The highest BCUT2D eigenvalue weighted by Crippen LogP contribution is 2.24. The van der Waals surface area contributed by atoms with Crippen molar-refractivity contribution in [1.29, 1.82) is 0 Å². The minimum Gasteiger partial charge on any atom is -0.508 e. The van der Waals surface area contributed by atoms with Gasteiger partial charge in [-0.2, -0.15) is 0 Å². The lowest BCUT2D eigenvalue weighted by Gasteiger charge is -2.28. The Kier molecular flexibility index (Phi) is 6.15. The van der Waals surface area contributed by atoms with E-state index in [-0.39, 0.29) is 12.4 Å². The number of methoxy groups -OCH3 is 1. The summed E-state index contributed by atoms with van der Waals surface area (Å²) < 4.78 is 10.8. The fourth-order valence-corrected chi connectivity index (χ4v) is 3.03. The molecule has 0 aliphatic carbocycles. The summed E-state index contributed by atoms with van der Waals surface area (Å²) in [6, 6.07) is 14.6. The second kappa shape index (κ2) is 8.74. The third-order valence-corrected chi connectivity index (χ3v) is 4.50. The number of β-amino-alcohol motifs (C(OH)–C–C–N with tert-alkyl or cyclic N) is 1. The van der Waals surface area contributed by atoms with Gasteiger partial charge < -0.3 is 19.7 Å². The van der Waals surface area contributed by atoms with Crippen LogP contribution in [0.4, 0.5) is 0 Å². The summed E-state index contributed by atoms with van der Waals surface area (Å²) in [5, 5.41) is 19.6. The van der Waals surface area contributed by atoms with E-state index in [9.17, 15) is 10.2 Å². The summed E-state index contributed by atoms with van der Waals surface area (Å²) in [6.45, 7) is 2.54. The van der Waals surface area contributed by atoms with E-state index >= 15 is 0 Å². The molecular weight excluding hydrogens is 330 g/mol. The molecule has 0 fully saturated rings. The molecule has 5 nitrogen and oxygen atoms in total. The van der Waals surface area contributed by atoms with Crippen molar-refractivity contribution in [3.63, 3.8) is 0 Å². The topological polar surface area (TPSA) is 62.2 Å². The van der Waals surface area contributed by atoms with E-state index in [0.717, 1.165) is 36.6 Å². The average molecular weight is 355 g/mol. The number of nitrogens with zero attached hydrogens (tertiary/aromatic N) is 1. The minimum absolute atomic E-state index is 0.261. The Morgan fingerprint density at radius 2 is 1.73 bits per heavy atom. The van der Waals surface area contributed by atoms with Gasteiger partial charge in [-0.1, -0.05) is 18.2 Å². The Labute approximate surface area is 154 Å². The Balaban J connectivity index is 1.45. The number of phenols is 1. The summed E-state index contributed by atoms with van der Waals surface area (Å²) >= 11 is 0. The SMILES string of the molecule is COc1ccc(OCC(O)CN2CC=C(c3ccc(O)cc3)CC2)cc1. The summed E-state index contributed by atoms with van der Waals surface area (Å²) in [7, 11) is 1.62. The number of aliphatic hydroxyl groups is 1. The lowest BCUT2D eigenvalue weighted by atomic mass is 9.99. The Bertz CT molecular complexity index is 725. The third kappa shape index (κ3) is 5.00. The summed E-state index contributed by atoms with van der Waals surface area (Å²) in [5.41, 5.74) is 2.43. The zero-order chi connectivity index (χ0) is 18.4. The van der Waals surface area contributed by atoms with Crippen LogP contribution in [0.15, 0.2) is 54.6 Å². The molecule has 26 heavy (non-hydrogen) atoms. The predicted molar refractivity (Wildman–Crippen MR) is 102 cm³/mol. The van der Waals surface area contributed by atoms with Crippen LogP contribution in [-0.4, -0.2) is 54.6 Å². The molecule has 1 atom stereocenters. The minimum atomic E-state index is -0.541. The number of ether oxygens (including phenoxy) is 2. The van der Waals surface area contributed by atoms with Crippen LogP contribution < -0.4 is 9.47 Å². The van der Waals surface area contributed by atoms with Gasteiger partial charge in [0.2, 0.25) is 0 Å². The first kappa shape index (κ1) is 18.3. The number of aliphatic hydroxyl groups excluding tert-OH is 1. The number of hydrogen-bond donors (Lipinski definition) is 2. The molecule has 0 amide bonds. The molecule has 0 radical (unpaired) electrons. The quantitative estimate of drug-likeness (QED) is 0.800. The van der Waals surface area contributed by atoms with Crippen LogP contribution in [0.3, 0.4) is 0 Å². The van der Waals surface area contributed by atoms with Crippen LogP contribution in [0.1, 0.15) is 12.0 Å². The molecule has 1 aliphatic heterocycles. The normalized spacial score (nSPS) is 16.0. The largest absolute Gasteiger partial charge is 0.508 e. The maximum absolute atomic E-state index is 10.2. The molecule has 2 aromatic rings. The van der Waals surface area contributed by atoms with E-state index in [1.807, 2.05) is 36.4 Å². The van der Waals surface area contributed by atoms with Crippen molar-refractivity contribution in [3.8, 4) is 17.2 Å². The van der Waals surface area contributed by atoms with Crippen molar-refractivity contribution in [1.82, 2.24) is 4.90 Å². The van der Waals surface area contributed by atoms with Gasteiger partial charge in [-0.25, -0.2) is 0 Å². The Morgan fingerprint density at radius 1 is 1.04 bits per heavy atom. The highest BCUT2D eigenvalue weighted by Gasteiger charge is 2.16. The predicted octanol–water partition coefficient (Wildman–Crippen LogP) is 2.93. The highest BCUT2D eigenvalue weighted by molar-refractivity contribution is 5.67. The van der Waals surface area contributed by atoms with Crippen LogP contribution in [0.5, 0.6) is 17.2 Å². The lowest BCUT2D eigenvalue weighted by molar-refractivity contribution is 0.0717. The smallest absolute Gasteiger partial charge is 0.119 e. The van der Waals surface area contributed by atoms with Gasteiger partial charge in [-0.05, 0) is 54.0 Å². The fraction of sp³-hybridized carbons (Fsp3) is 0.333. The van der Waals surface area contributed by atoms with Crippen LogP contribution in [0, 0.1) is 0 Å². The molecule has 3 rings (SSSR count). The summed E-state index contributed by atoms with van der Waals surface area (Å²) in [4.78, 5) is 2.21. The van der Waals surface area contributed by atoms with Crippen molar-refractivity contribution >= 4 is 5.57 Å². The van der Waals surface area contributed by atoms with Gasteiger partial charge in [0.1, 0.15) is 30.0 Å². The molecule has 0 aromatic heterocycles. The zero-order valence-corrected chi connectivity index (χ0v) is 15.0. The Hall–Kier alpha value is -2.50. The number of phenolic OH excluding ortho intramolecular Hbond substituents is 1. The molecule has 0 spiro atoms. The molecule has 1 aliphatic rings. The standard InChI is InChI=1S/C21H25NO4/c1-25-20-6-8-21(9-7-20)26-15-19(24)14-22-12-10-17(11-13-22)16-2-4-18(23)5-3-16/h2-10,19,23-24H,11-15H2,1H3. The summed E-state index contributed by atoms with van der Waals surface area (Å²) in [6.07, 6.45) is 2.57. The second-order valence-corrected chi connectivity index (χ2v) is 6.43. The van der Waals surface area contributed by atoms with Crippen LogP contribution >= 0.6 is 0 Å². The summed E-state index contributed by atoms with van der Waals surface area (Å²) in [5.74, 6) is 1.78. The van der Waals surface area contributed by atoms with Gasteiger partial charge in [0.05, 0.1) is 7.11 Å². The van der Waals surface area contributed by atoms with Crippen molar-refractivity contribution < 1.29 is 19.7 Å². The van der Waals surface area contributed by atoms with E-state index in [1.54, 1.807) is 19.2 Å². The van der Waals surface area contributed by atoms with Gasteiger partial charge in [-0.15, -0.1) is 0 Å². The van der Waals surface area contributed by atoms with E-state index in [1.165, 1.54) is 5.57 Å². The van der Waals surface area contributed by atoms with Crippen molar-refractivity contribution in [2.24, 2.45) is 0 Å². The number of aromatic hydroxyl groups is 1. The average Bonchev–Trinajstić information content (AvgIpc) is 2.68. The highest BCUT2D eigenvalue weighted by atomic mass is 16.5. The molecule has 0 saturated heterocycles. The van der Waals surface area contributed by atoms with Crippen LogP contribution in [0.25, 0.3) is 5.57 Å². The molecule has 1 heterocycles. The molecule has 2 N–H and O–H groups in total. The van der Waals surface area contributed by atoms with E-state index < -0.39 is 6.10 Å². The zero-order valence-electron chi connectivity index (χ0n) is 15.0. The van der Waals surface area contributed by atoms with Crippen molar-refractivity contribution in [3.05, 3.63) is 60.2 Å². The van der Waals surface area contributed by atoms with Crippen molar-refractivity contribution in [2.75, 3.05) is 33.4 Å². The van der Waals surface area contributed by atoms with E-state index in [4.69, 9.17) is 9.47 Å². The van der Waals surface area contributed by atoms with Gasteiger partial charge >= 0.3 is 0 Å². The first-order chi connectivity index (χ1) is 12.6. The lowest BCUT2D eigenvalue weighted by Crippen LogP contribution is -2.38. The van der Waals surface area contributed by atoms with Crippen LogP contribution in [-0.2, 0) is 0 Å². The second-order valence-electron chi connectivity index (χ2n) is 6.43. The van der Waals surface area contributed by atoms with Gasteiger partial charge in [-0.3, -0.25) is 4.90 Å². The number of hydrogen-bond acceptors (Lipinski definition) is 5. The Morgan fingerprint density at radius 3 is 2.35 bits per heavy atom. The van der Waals surface area contributed by atoms with E-state index in [2.05, 4.69) is 11.0 Å². The van der Waals surface area contributed by atoms with E-state index in [0.29, 0.717) is 6.54 Å². The monoisotopic (exact) mass is 355 g/mol. The number of rotatable bonds is 7. The first-order valence-electron chi connectivity index (χ1n) is 8.80. The molecular formula is C21H25NO4. The van der Waals surface area contributed by atoms with Gasteiger partial charge in [0, 0.05) is 19.6 Å². The third-order valence-electron chi connectivity index (χ3n) is 4.50. The maximum Gasteiger partial charge on any atom is 0.119 e. The maximum atomic E-state index is 10.2. The van der Waals surface area contributed by atoms with Gasteiger partial charge in [0.25, 0.3) is 0 Å². The number of benzene rings is 2. The molecule has 5 heteroatoms. The van der Waals surface area contributed by atoms with Gasteiger partial charge in [0.15, 0.2) is 0 Å². The molecule has 2 aromatic carbocycles. The van der Waals surface area contributed by atoms with Crippen molar-refractivity contribution in [2.45, 2.75) is 12.5 Å². The molecule has 0 bridgehead atoms.